The van der Waals surface area contributed by atoms with Crippen LogP contribution in [-0.4, -0.2) is 19.9 Å². The third kappa shape index (κ3) is 5.46. The summed E-state index contributed by atoms with van der Waals surface area (Å²) >= 11 is 0. The molecule has 0 aromatic heterocycles. The van der Waals surface area contributed by atoms with E-state index in [-0.39, 0.29) is 0 Å². The van der Waals surface area contributed by atoms with Crippen LogP contribution in [0.3, 0.4) is 0 Å². The van der Waals surface area contributed by atoms with Crippen molar-refractivity contribution in [3.05, 3.63) is 0 Å². The minimum Gasteiger partial charge on any atom is -0.307 e. The van der Waals surface area contributed by atoms with Gasteiger partial charge in [0.1, 0.15) is 6.79 Å². The molecule has 0 saturated carbocycles. The Balaban J connectivity index is 0.000000291. The molecular weight excluding hydrogens is 116 g/mol. The van der Waals surface area contributed by atoms with Gasteiger partial charge in [-0.1, -0.05) is 6.42 Å². The second-order valence-electron chi connectivity index (χ2n) is 1.91. The first kappa shape index (κ1) is 8.59. The average molecular weight is 130 g/mol. The van der Waals surface area contributed by atoms with E-state index in [4.69, 9.17) is 4.79 Å². The Morgan fingerprint density at radius 3 is 1.78 bits per heavy atom. The molecule has 2 N–H and O–H groups in total. The Hall–Kier alpha value is -0.410. The molecule has 1 saturated heterocycles. The van der Waals surface area contributed by atoms with Crippen LogP contribution in [0.1, 0.15) is 19.3 Å². The van der Waals surface area contributed by atoms with Gasteiger partial charge in [0, 0.05) is 13.1 Å². The van der Waals surface area contributed by atoms with Crippen LogP contribution in [0.25, 0.3) is 0 Å². The highest BCUT2D eigenvalue weighted by atomic mass is 16.1. The molecule has 0 amide bonds. The van der Waals surface area contributed by atoms with E-state index in [0.29, 0.717) is 0 Å². The Morgan fingerprint density at radius 2 is 1.33 bits per heavy atom. The lowest BCUT2D eigenvalue weighted by molar-refractivity contribution is -0.0979. The lowest BCUT2D eigenvalue weighted by Crippen LogP contribution is -2.30. The molecule has 54 valence electrons. The number of nitrogens with one attached hydrogen (secondary N) is 2. The van der Waals surface area contributed by atoms with Gasteiger partial charge in [-0.2, -0.15) is 0 Å². The maximum absolute atomic E-state index is 8.00. The molecule has 0 spiro atoms. The summed E-state index contributed by atoms with van der Waals surface area (Å²) < 4.78 is 0. The number of hydrogen-bond acceptors (Lipinski definition) is 3. The monoisotopic (exact) mass is 130 g/mol. The van der Waals surface area contributed by atoms with Crippen LogP contribution >= 0.6 is 0 Å². The Kier molecular flexibility index (Phi) is 7.24. The Morgan fingerprint density at radius 1 is 0.889 bits per heavy atom. The third-order valence-corrected chi connectivity index (χ3v) is 1.23. The molecule has 1 aliphatic rings. The van der Waals surface area contributed by atoms with Gasteiger partial charge >= 0.3 is 0 Å². The molecule has 0 aliphatic carbocycles. The fourth-order valence-corrected chi connectivity index (χ4v) is 0.780. The first-order chi connectivity index (χ1) is 4.50. The first-order valence-corrected chi connectivity index (χ1v) is 3.25. The van der Waals surface area contributed by atoms with Gasteiger partial charge in [-0.05, 0) is 12.8 Å². The fraction of sp³-hybridized carbons (Fsp3) is 0.833. The maximum Gasteiger partial charge on any atom is 0.106 e. The number of hydrazine groups is 1. The lowest BCUT2D eigenvalue weighted by Gasteiger charge is -1.95. The molecule has 0 radical (unpaired) electrons. The van der Waals surface area contributed by atoms with Crippen LogP contribution in [0.4, 0.5) is 0 Å². The van der Waals surface area contributed by atoms with E-state index < -0.39 is 0 Å². The zero-order valence-electron chi connectivity index (χ0n) is 5.65. The van der Waals surface area contributed by atoms with E-state index >= 15 is 0 Å². The average Bonchev–Trinajstić information content (AvgIpc) is 2.21. The van der Waals surface area contributed by atoms with Crippen molar-refractivity contribution < 1.29 is 4.79 Å². The minimum absolute atomic E-state index is 1.14. The minimum atomic E-state index is 1.14. The molecule has 1 heterocycles. The van der Waals surface area contributed by atoms with Crippen molar-refractivity contribution >= 4 is 6.79 Å². The Labute approximate surface area is 55.8 Å². The van der Waals surface area contributed by atoms with Crippen molar-refractivity contribution in [1.29, 1.82) is 0 Å². The molecule has 0 unspecified atom stereocenters. The SMILES string of the molecule is C1CCNNCC1.C=O. The summed E-state index contributed by atoms with van der Waals surface area (Å²) in [5, 5.41) is 0. The second-order valence-corrected chi connectivity index (χ2v) is 1.91. The van der Waals surface area contributed by atoms with E-state index in [0.717, 1.165) is 13.1 Å². The number of hydrogen-bond donors (Lipinski definition) is 2. The van der Waals surface area contributed by atoms with E-state index in [2.05, 4.69) is 10.9 Å². The zero-order chi connectivity index (χ0) is 6.95. The van der Waals surface area contributed by atoms with Crippen molar-refractivity contribution in [3.63, 3.8) is 0 Å². The third-order valence-electron chi connectivity index (χ3n) is 1.23. The largest absolute Gasteiger partial charge is 0.307 e. The lowest BCUT2D eigenvalue weighted by atomic mass is 10.2. The van der Waals surface area contributed by atoms with Gasteiger partial charge in [-0.25, -0.2) is 0 Å². The summed E-state index contributed by atoms with van der Waals surface area (Å²) in [6.07, 6.45) is 4.03. The number of carbonyl (C=O) groups excluding carboxylic acids is 1. The van der Waals surface area contributed by atoms with E-state index in [1.54, 1.807) is 0 Å². The topological polar surface area (TPSA) is 41.1 Å². The number of rotatable bonds is 0. The number of carbonyl (C=O) groups is 1. The van der Waals surface area contributed by atoms with Gasteiger partial charge in [0.2, 0.25) is 0 Å². The fourth-order valence-electron chi connectivity index (χ4n) is 0.780. The molecule has 1 fully saturated rings. The van der Waals surface area contributed by atoms with Crippen LogP contribution in [0.2, 0.25) is 0 Å². The molecule has 1 aliphatic heterocycles. The summed E-state index contributed by atoms with van der Waals surface area (Å²) in [7, 11) is 0. The van der Waals surface area contributed by atoms with Crippen LogP contribution in [0.5, 0.6) is 0 Å². The van der Waals surface area contributed by atoms with Crippen LogP contribution in [0, 0.1) is 0 Å². The molecule has 0 aromatic carbocycles. The Bertz CT molecular complexity index is 39.4. The molecule has 3 heteroatoms. The van der Waals surface area contributed by atoms with E-state index in [1.165, 1.54) is 19.3 Å². The molecule has 0 atom stereocenters. The first-order valence-electron chi connectivity index (χ1n) is 3.25. The molecule has 3 nitrogen and oxygen atoms in total. The summed E-state index contributed by atoms with van der Waals surface area (Å²) in [5.74, 6) is 0. The molecule has 9 heavy (non-hydrogen) atoms. The highest BCUT2D eigenvalue weighted by Crippen LogP contribution is 1.93. The van der Waals surface area contributed by atoms with Crippen LogP contribution < -0.4 is 10.9 Å². The molecule has 1 rings (SSSR count). The summed E-state index contributed by atoms with van der Waals surface area (Å²) in [5.41, 5.74) is 6.19. The van der Waals surface area contributed by atoms with Crippen molar-refractivity contribution in [2.45, 2.75) is 19.3 Å². The molecule has 0 aromatic rings. The maximum atomic E-state index is 8.00. The molecule has 0 bridgehead atoms. The summed E-state index contributed by atoms with van der Waals surface area (Å²) in [4.78, 5) is 8.00. The normalized spacial score (nSPS) is 19.1. The van der Waals surface area contributed by atoms with Crippen molar-refractivity contribution in [3.8, 4) is 0 Å². The van der Waals surface area contributed by atoms with Gasteiger partial charge in [-0.3, -0.25) is 10.9 Å². The van der Waals surface area contributed by atoms with Crippen LogP contribution in [-0.2, 0) is 4.79 Å². The highest BCUT2D eigenvalue weighted by Gasteiger charge is 1.92. The molecular formula is C6H14N2O. The summed E-state index contributed by atoms with van der Waals surface area (Å²) in [6, 6.07) is 0. The van der Waals surface area contributed by atoms with E-state index in [9.17, 15) is 0 Å². The summed E-state index contributed by atoms with van der Waals surface area (Å²) in [6.45, 7) is 4.28. The van der Waals surface area contributed by atoms with Crippen molar-refractivity contribution in [2.75, 3.05) is 13.1 Å². The van der Waals surface area contributed by atoms with E-state index in [1.807, 2.05) is 6.79 Å². The van der Waals surface area contributed by atoms with Gasteiger partial charge in [-0.15, -0.1) is 0 Å². The standard InChI is InChI=1S/C5H12N2.CH2O/c1-2-4-6-7-5-3-1;1-2/h6-7H,1-5H2;1H2. The van der Waals surface area contributed by atoms with Gasteiger partial charge in [0.15, 0.2) is 0 Å². The van der Waals surface area contributed by atoms with Crippen molar-refractivity contribution in [2.24, 2.45) is 0 Å². The highest BCUT2D eigenvalue weighted by molar-refractivity contribution is 5.10. The second kappa shape index (κ2) is 7.59. The van der Waals surface area contributed by atoms with Crippen molar-refractivity contribution in [1.82, 2.24) is 10.9 Å². The predicted molar refractivity (Wildman–Crippen MR) is 37.0 cm³/mol. The smallest absolute Gasteiger partial charge is 0.106 e. The van der Waals surface area contributed by atoms with Gasteiger partial charge < -0.3 is 4.79 Å². The quantitative estimate of drug-likeness (QED) is 0.488. The van der Waals surface area contributed by atoms with Gasteiger partial charge in [0.25, 0.3) is 0 Å². The van der Waals surface area contributed by atoms with Gasteiger partial charge in [0.05, 0.1) is 0 Å². The predicted octanol–water partition coefficient (Wildman–Crippen LogP) is 0.0796. The zero-order valence-corrected chi connectivity index (χ0v) is 5.65. The van der Waals surface area contributed by atoms with Crippen LogP contribution in [0.15, 0.2) is 0 Å².